The summed E-state index contributed by atoms with van der Waals surface area (Å²) in [5, 5.41) is 3.69. The maximum absolute atomic E-state index is 5.27. The Bertz CT molecular complexity index is 399. The first-order valence-electron chi connectivity index (χ1n) is 7.98. The van der Waals surface area contributed by atoms with Crippen LogP contribution in [0.4, 0.5) is 0 Å². The first kappa shape index (κ1) is 18.1. The molecule has 21 heavy (non-hydrogen) atoms. The lowest BCUT2D eigenvalue weighted by Gasteiger charge is -2.30. The Morgan fingerprint density at radius 2 is 1.81 bits per heavy atom. The molecule has 0 amide bonds. The third-order valence-corrected chi connectivity index (χ3v) is 3.92. The highest BCUT2D eigenvalue weighted by Crippen LogP contribution is 2.19. The number of hydrogen-bond acceptors (Lipinski definition) is 3. The van der Waals surface area contributed by atoms with E-state index in [0.29, 0.717) is 12.1 Å². The van der Waals surface area contributed by atoms with E-state index in [1.165, 1.54) is 16.7 Å². The molecule has 2 atom stereocenters. The van der Waals surface area contributed by atoms with Gasteiger partial charge in [0.15, 0.2) is 0 Å². The van der Waals surface area contributed by atoms with Crippen LogP contribution >= 0.6 is 0 Å². The van der Waals surface area contributed by atoms with Crippen molar-refractivity contribution in [2.75, 3.05) is 33.9 Å². The van der Waals surface area contributed by atoms with Crippen LogP contribution in [0.2, 0.25) is 0 Å². The zero-order chi connectivity index (χ0) is 15.8. The minimum atomic E-state index is 0.368. The molecule has 0 spiro atoms. The van der Waals surface area contributed by atoms with E-state index >= 15 is 0 Å². The lowest BCUT2D eigenvalue weighted by molar-refractivity contribution is 0.109. The third kappa shape index (κ3) is 6.16. The van der Waals surface area contributed by atoms with Gasteiger partial charge >= 0.3 is 0 Å². The fourth-order valence-corrected chi connectivity index (χ4v) is 2.65. The molecule has 120 valence electrons. The van der Waals surface area contributed by atoms with Crippen LogP contribution in [0.3, 0.4) is 0 Å². The lowest BCUT2D eigenvalue weighted by atomic mass is 10.0. The van der Waals surface area contributed by atoms with Gasteiger partial charge in [-0.3, -0.25) is 4.90 Å². The highest BCUT2D eigenvalue weighted by atomic mass is 16.5. The quantitative estimate of drug-likeness (QED) is 0.756. The second kappa shape index (κ2) is 9.19. The zero-order valence-corrected chi connectivity index (χ0v) is 14.6. The van der Waals surface area contributed by atoms with Crippen LogP contribution in [0.15, 0.2) is 18.2 Å². The van der Waals surface area contributed by atoms with Crippen molar-refractivity contribution < 1.29 is 4.74 Å². The molecule has 0 radical (unpaired) electrons. The van der Waals surface area contributed by atoms with Crippen LogP contribution < -0.4 is 5.32 Å². The second-order valence-electron chi connectivity index (χ2n) is 6.17. The molecule has 1 aromatic rings. The first-order valence-corrected chi connectivity index (χ1v) is 7.98. The summed E-state index contributed by atoms with van der Waals surface area (Å²) in [4.78, 5) is 2.37. The zero-order valence-electron chi connectivity index (χ0n) is 14.6. The number of likely N-dealkylation sites (N-methyl/N-ethyl adjacent to an activating group) is 1. The van der Waals surface area contributed by atoms with E-state index in [1.807, 2.05) is 0 Å². The molecule has 2 unspecified atom stereocenters. The van der Waals surface area contributed by atoms with E-state index in [-0.39, 0.29) is 0 Å². The molecule has 0 bridgehead atoms. The average molecular weight is 292 g/mol. The first-order chi connectivity index (χ1) is 9.97. The van der Waals surface area contributed by atoms with Crippen LogP contribution in [0.25, 0.3) is 0 Å². The van der Waals surface area contributed by atoms with Gasteiger partial charge in [-0.1, -0.05) is 36.2 Å². The number of benzene rings is 1. The molecule has 0 saturated heterocycles. The average Bonchev–Trinajstić information content (AvgIpc) is 2.42. The molecule has 1 rings (SSSR count). The third-order valence-electron chi connectivity index (χ3n) is 3.92. The Kier molecular flexibility index (Phi) is 7.94. The topological polar surface area (TPSA) is 24.5 Å². The predicted octanol–water partition coefficient (Wildman–Crippen LogP) is 3.31. The van der Waals surface area contributed by atoms with Crippen LogP contribution in [0, 0.1) is 13.8 Å². The molecular formula is C18H32N2O. The van der Waals surface area contributed by atoms with Crippen molar-refractivity contribution in [1.82, 2.24) is 10.2 Å². The summed E-state index contributed by atoms with van der Waals surface area (Å²) in [7, 11) is 3.94. The lowest BCUT2D eigenvalue weighted by Crippen LogP contribution is -2.40. The van der Waals surface area contributed by atoms with Gasteiger partial charge in [-0.25, -0.2) is 0 Å². The van der Waals surface area contributed by atoms with Gasteiger partial charge in [-0.2, -0.15) is 0 Å². The Hall–Kier alpha value is -0.900. The summed E-state index contributed by atoms with van der Waals surface area (Å²) in [6.45, 7) is 11.6. The molecule has 1 aromatic carbocycles. The van der Waals surface area contributed by atoms with Crippen molar-refractivity contribution in [3.63, 3.8) is 0 Å². The van der Waals surface area contributed by atoms with E-state index in [1.54, 1.807) is 7.11 Å². The summed E-state index contributed by atoms with van der Waals surface area (Å²) in [5.74, 6) is 0. The van der Waals surface area contributed by atoms with Crippen LogP contribution in [-0.2, 0) is 4.74 Å². The van der Waals surface area contributed by atoms with Gasteiger partial charge in [-0.15, -0.1) is 0 Å². The molecule has 0 saturated carbocycles. The molecule has 0 aliphatic heterocycles. The number of nitrogens with zero attached hydrogens (tertiary/aromatic N) is 1. The predicted molar refractivity (Wildman–Crippen MR) is 90.9 cm³/mol. The Labute approximate surface area is 130 Å². The highest BCUT2D eigenvalue weighted by molar-refractivity contribution is 5.31. The maximum Gasteiger partial charge on any atom is 0.0615 e. The monoisotopic (exact) mass is 292 g/mol. The van der Waals surface area contributed by atoms with Gasteiger partial charge in [-0.05, 0) is 46.3 Å². The Morgan fingerprint density at radius 1 is 1.19 bits per heavy atom. The van der Waals surface area contributed by atoms with Crippen LogP contribution in [-0.4, -0.2) is 44.8 Å². The second-order valence-corrected chi connectivity index (χ2v) is 6.17. The Balaban J connectivity index is 2.84. The smallest absolute Gasteiger partial charge is 0.0615 e. The molecule has 3 heteroatoms. The maximum atomic E-state index is 5.27. The summed E-state index contributed by atoms with van der Waals surface area (Å²) in [5.41, 5.74) is 4.05. The van der Waals surface area contributed by atoms with Crippen molar-refractivity contribution >= 4 is 0 Å². The van der Waals surface area contributed by atoms with E-state index < -0.39 is 0 Å². The van der Waals surface area contributed by atoms with Crippen molar-refractivity contribution in [2.45, 2.75) is 46.2 Å². The highest BCUT2D eigenvalue weighted by Gasteiger charge is 2.17. The summed E-state index contributed by atoms with van der Waals surface area (Å²) >= 11 is 0. The normalized spacial score (nSPS) is 14.4. The fourth-order valence-electron chi connectivity index (χ4n) is 2.65. The number of hydrogen-bond donors (Lipinski definition) is 1. The molecule has 0 aliphatic carbocycles. The van der Waals surface area contributed by atoms with Gasteiger partial charge in [0.2, 0.25) is 0 Å². The van der Waals surface area contributed by atoms with Crippen LogP contribution in [0.5, 0.6) is 0 Å². The standard InChI is InChI=1S/C18H32N2O/c1-7-8-19-18(12-20(5)16(4)13-21-6)17-10-14(2)9-15(3)11-17/h9-11,16,18-19H,7-8,12-13H2,1-6H3. The molecule has 3 nitrogen and oxygen atoms in total. The SMILES string of the molecule is CCCNC(CN(C)C(C)COC)c1cc(C)cc(C)c1. The summed E-state index contributed by atoms with van der Waals surface area (Å²) in [6.07, 6.45) is 1.15. The number of aryl methyl sites for hydroxylation is 2. The molecule has 0 aliphatic rings. The van der Waals surface area contributed by atoms with Gasteiger partial charge < -0.3 is 10.1 Å². The number of methoxy groups -OCH3 is 1. The van der Waals surface area contributed by atoms with Gasteiger partial charge in [0, 0.05) is 25.7 Å². The van der Waals surface area contributed by atoms with Gasteiger partial charge in [0.1, 0.15) is 0 Å². The molecular weight excluding hydrogens is 260 g/mol. The number of rotatable bonds is 9. The molecule has 0 heterocycles. The summed E-state index contributed by atoms with van der Waals surface area (Å²) < 4.78 is 5.27. The fraction of sp³-hybridized carbons (Fsp3) is 0.667. The van der Waals surface area contributed by atoms with Gasteiger partial charge in [0.25, 0.3) is 0 Å². The minimum Gasteiger partial charge on any atom is -0.383 e. The number of nitrogens with one attached hydrogen (secondary N) is 1. The van der Waals surface area contributed by atoms with Crippen molar-refractivity contribution in [3.8, 4) is 0 Å². The van der Waals surface area contributed by atoms with Crippen LogP contribution in [0.1, 0.15) is 43.0 Å². The van der Waals surface area contributed by atoms with Crippen molar-refractivity contribution in [1.29, 1.82) is 0 Å². The van der Waals surface area contributed by atoms with Gasteiger partial charge in [0.05, 0.1) is 6.61 Å². The van der Waals surface area contributed by atoms with E-state index in [9.17, 15) is 0 Å². The van der Waals surface area contributed by atoms with E-state index in [0.717, 1.165) is 26.1 Å². The largest absolute Gasteiger partial charge is 0.383 e. The summed E-state index contributed by atoms with van der Waals surface area (Å²) in [6, 6.07) is 7.63. The number of ether oxygens (including phenoxy) is 1. The molecule has 1 N–H and O–H groups in total. The molecule has 0 aromatic heterocycles. The minimum absolute atomic E-state index is 0.368. The van der Waals surface area contributed by atoms with E-state index in [2.05, 4.69) is 63.2 Å². The Morgan fingerprint density at radius 3 is 2.33 bits per heavy atom. The van der Waals surface area contributed by atoms with E-state index in [4.69, 9.17) is 4.74 Å². The van der Waals surface area contributed by atoms with Crippen molar-refractivity contribution in [3.05, 3.63) is 34.9 Å². The molecule has 0 fully saturated rings. The van der Waals surface area contributed by atoms with Crippen molar-refractivity contribution in [2.24, 2.45) is 0 Å².